The van der Waals surface area contributed by atoms with Gasteiger partial charge in [-0.15, -0.1) is 0 Å². The Kier molecular flexibility index (Phi) is 3.24. The molecule has 0 unspecified atom stereocenters. The zero-order valence-electron chi connectivity index (χ0n) is 10.2. The van der Waals surface area contributed by atoms with Gasteiger partial charge in [0.2, 0.25) is 5.95 Å². The quantitative estimate of drug-likeness (QED) is 0.717. The lowest BCUT2D eigenvalue weighted by atomic mass is 10.3. The number of nitrogens with zero attached hydrogens (tertiary/aromatic N) is 5. The second kappa shape index (κ2) is 4.65. The fourth-order valence-electron chi connectivity index (χ4n) is 1.77. The van der Waals surface area contributed by atoms with Crippen molar-refractivity contribution in [1.82, 2.24) is 14.9 Å². The van der Waals surface area contributed by atoms with Crippen LogP contribution in [0, 0.1) is 0 Å². The number of hydrogen-bond donors (Lipinski definition) is 0. The van der Waals surface area contributed by atoms with Crippen LogP contribution in [0.5, 0.6) is 0 Å². The van der Waals surface area contributed by atoms with Gasteiger partial charge in [0.1, 0.15) is 5.82 Å². The molecule has 88 valence electrons. The average Bonchev–Trinajstić information content (AvgIpc) is 2.30. The smallest absolute Gasteiger partial charge is 0.226 e. The lowest BCUT2D eigenvalue weighted by Gasteiger charge is -2.33. The first-order valence-corrected chi connectivity index (χ1v) is 5.60. The minimum atomic E-state index is 0.774. The molecule has 0 aromatic carbocycles. The SMILES string of the molecule is CN1CCN(c2ccnc(N(C)C)n2)CC1. The summed E-state index contributed by atoms with van der Waals surface area (Å²) in [5.74, 6) is 1.81. The van der Waals surface area contributed by atoms with Gasteiger partial charge < -0.3 is 14.7 Å². The highest BCUT2D eigenvalue weighted by atomic mass is 15.3. The molecular formula is C11H19N5. The molecule has 0 atom stereocenters. The molecule has 5 heteroatoms. The van der Waals surface area contributed by atoms with Crippen molar-refractivity contribution in [2.24, 2.45) is 0 Å². The third-order valence-corrected chi connectivity index (χ3v) is 2.86. The molecule has 0 N–H and O–H groups in total. The molecule has 1 aromatic heterocycles. The van der Waals surface area contributed by atoms with E-state index in [0.29, 0.717) is 0 Å². The van der Waals surface area contributed by atoms with E-state index < -0.39 is 0 Å². The summed E-state index contributed by atoms with van der Waals surface area (Å²) in [6.45, 7) is 4.28. The van der Waals surface area contributed by atoms with E-state index in [2.05, 4.69) is 26.8 Å². The van der Waals surface area contributed by atoms with Crippen LogP contribution in [0.25, 0.3) is 0 Å². The molecule has 0 aliphatic carbocycles. The van der Waals surface area contributed by atoms with Crippen LogP contribution in [0.15, 0.2) is 12.3 Å². The second-order valence-electron chi connectivity index (χ2n) is 4.40. The number of aromatic nitrogens is 2. The molecule has 1 aliphatic heterocycles. The van der Waals surface area contributed by atoms with E-state index >= 15 is 0 Å². The third kappa shape index (κ3) is 2.41. The molecule has 0 saturated carbocycles. The third-order valence-electron chi connectivity index (χ3n) is 2.86. The number of hydrogen-bond acceptors (Lipinski definition) is 5. The molecule has 1 aliphatic rings. The molecule has 0 spiro atoms. The van der Waals surface area contributed by atoms with Gasteiger partial charge in [-0.05, 0) is 13.1 Å². The van der Waals surface area contributed by atoms with Crippen molar-refractivity contribution in [2.45, 2.75) is 0 Å². The molecule has 1 aromatic rings. The summed E-state index contributed by atoms with van der Waals surface area (Å²) in [6, 6.07) is 1.98. The first-order chi connectivity index (χ1) is 7.66. The van der Waals surface area contributed by atoms with Crippen molar-refractivity contribution in [3.05, 3.63) is 12.3 Å². The predicted molar refractivity (Wildman–Crippen MR) is 66.1 cm³/mol. The Morgan fingerprint density at radius 1 is 1.19 bits per heavy atom. The van der Waals surface area contributed by atoms with Gasteiger partial charge in [0.25, 0.3) is 0 Å². The van der Waals surface area contributed by atoms with Crippen molar-refractivity contribution in [3.8, 4) is 0 Å². The molecule has 0 radical (unpaired) electrons. The first kappa shape index (κ1) is 11.1. The van der Waals surface area contributed by atoms with Crippen molar-refractivity contribution in [2.75, 3.05) is 57.1 Å². The molecule has 2 heterocycles. The van der Waals surface area contributed by atoms with Crippen LogP contribution < -0.4 is 9.80 Å². The summed E-state index contributed by atoms with van der Waals surface area (Å²) in [7, 11) is 6.08. The van der Waals surface area contributed by atoms with Gasteiger partial charge in [0.05, 0.1) is 0 Å². The Balaban J connectivity index is 2.11. The van der Waals surface area contributed by atoms with Crippen LogP contribution in [0.3, 0.4) is 0 Å². The van der Waals surface area contributed by atoms with Crippen molar-refractivity contribution < 1.29 is 0 Å². The van der Waals surface area contributed by atoms with E-state index in [4.69, 9.17) is 0 Å². The van der Waals surface area contributed by atoms with Crippen molar-refractivity contribution in [1.29, 1.82) is 0 Å². The summed E-state index contributed by atoms with van der Waals surface area (Å²) in [6.07, 6.45) is 1.83. The largest absolute Gasteiger partial charge is 0.354 e. The molecular weight excluding hydrogens is 202 g/mol. The van der Waals surface area contributed by atoms with Crippen LogP contribution >= 0.6 is 0 Å². The van der Waals surface area contributed by atoms with Gasteiger partial charge in [-0.2, -0.15) is 4.98 Å². The minimum Gasteiger partial charge on any atom is -0.354 e. The first-order valence-electron chi connectivity index (χ1n) is 5.60. The minimum absolute atomic E-state index is 0.774. The topological polar surface area (TPSA) is 35.5 Å². The van der Waals surface area contributed by atoms with E-state index in [1.165, 1.54) is 0 Å². The van der Waals surface area contributed by atoms with Crippen LogP contribution in [0.4, 0.5) is 11.8 Å². The fraction of sp³-hybridized carbons (Fsp3) is 0.636. The van der Waals surface area contributed by atoms with Crippen molar-refractivity contribution in [3.63, 3.8) is 0 Å². The van der Waals surface area contributed by atoms with Gasteiger partial charge in [0, 0.05) is 46.5 Å². The number of piperazine rings is 1. The molecule has 1 saturated heterocycles. The van der Waals surface area contributed by atoms with Gasteiger partial charge in [-0.25, -0.2) is 4.98 Å². The lowest BCUT2D eigenvalue weighted by Crippen LogP contribution is -2.44. The number of rotatable bonds is 2. The number of anilines is 2. The molecule has 2 rings (SSSR count). The highest BCUT2D eigenvalue weighted by Gasteiger charge is 2.15. The normalized spacial score (nSPS) is 17.6. The van der Waals surface area contributed by atoms with Crippen molar-refractivity contribution >= 4 is 11.8 Å². The zero-order valence-corrected chi connectivity index (χ0v) is 10.2. The average molecular weight is 221 g/mol. The van der Waals surface area contributed by atoms with Gasteiger partial charge in [-0.1, -0.05) is 0 Å². The summed E-state index contributed by atoms with van der Waals surface area (Å²) in [4.78, 5) is 15.4. The summed E-state index contributed by atoms with van der Waals surface area (Å²) >= 11 is 0. The number of likely N-dealkylation sites (N-methyl/N-ethyl adjacent to an activating group) is 1. The molecule has 0 bridgehead atoms. The molecule has 1 fully saturated rings. The lowest BCUT2D eigenvalue weighted by molar-refractivity contribution is 0.312. The molecule has 0 amide bonds. The highest BCUT2D eigenvalue weighted by molar-refractivity contribution is 5.43. The van der Waals surface area contributed by atoms with Crippen LogP contribution in [-0.2, 0) is 0 Å². The fourth-order valence-corrected chi connectivity index (χ4v) is 1.77. The van der Waals surface area contributed by atoms with E-state index in [-0.39, 0.29) is 0 Å². The maximum absolute atomic E-state index is 4.54. The van der Waals surface area contributed by atoms with Crippen LogP contribution in [0.2, 0.25) is 0 Å². The molecule has 16 heavy (non-hydrogen) atoms. The zero-order chi connectivity index (χ0) is 11.5. The maximum Gasteiger partial charge on any atom is 0.226 e. The summed E-state index contributed by atoms with van der Waals surface area (Å²) in [5, 5.41) is 0. The van der Waals surface area contributed by atoms with E-state index in [9.17, 15) is 0 Å². The van der Waals surface area contributed by atoms with Crippen LogP contribution in [0.1, 0.15) is 0 Å². The van der Waals surface area contributed by atoms with Gasteiger partial charge >= 0.3 is 0 Å². The van der Waals surface area contributed by atoms with E-state index in [1.807, 2.05) is 31.3 Å². The standard InChI is InChI=1S/C11H19N5/c1-14(2)11-12-5-4-10(13-11)16-8-6-15(3)7-9-16/h4-5H,6-9H2,1-3H3. The Morgan fingerprint density at radius 3 is 2.50 bits per heavy atom. The van der Waals surface area contributed by atoms with Crippen LogP contribution in [-0.4, -0.2) is 62.2 Å². The summed E-state index contributed by atoms with van der Waals surface area (Å²) < 4.78 is 0. The van der Waals surface area contributed by atoms with Gasteiger partial charge in [0.15, 0.2) is 0 Å². The maximum atomic E-state index is 4.54. The Labute approximate surface area is 96.7 Å². The van der Waals surface area contributed by atoms with E-state index in [1.54, 1.807) is 0 Å². The monoisotopic (exact) mass is 221 g/mol. The predicted octanol–water partition coefficient (Wildman–Crippen LogP) is 0.294. The Morgan fingerprint density at radius 2 is 1.88 bits per heavy atom. The van der Waals surface area contributed by atoms with E-state index in [0.717, 1.165) is 37.9 Å². The summed E-state index contributed by atoms with van der Waals surface area (Å²) in [5.41, 5.74) is 0. The Hall–Kier alpha value is -1.36. The van der Waals surface area contributed by atoms with Gasteiger partial charge in [-0.3, -0.25) is 0 Å². The molecule has 5 nitrogen and oxygen atoms in total. The second-order valence-corrected chi connectivity index (χ2v) is 4.40. The Bertz CT molecular complexity index is 344. The highest BCUT2D eigenvalue weighted by Crippen LogP contribution is 2.14.